The number of nitrogens with one attached hydrogen (secondary N) is 1. The summed E-state index contributed by atoms with van der Waals surface area (Å²) in [5, 5.41) is 7.47. The second kappa shape index (κ2) is 6.17. The van der Waals surface area contributed by atoms with E-state index >= 15 is 0 Å². The summed E-state index contributed by atoms with van der Waals surface area (Å²) in [5.41, 5.74) is 1.78. The lowest BCUT2D eigenvalue weighted by Crippen LogP contribution is -2.20. The summed E-state index contributed by atoms with van der Waals surface area (Å²) < 4.78 is 41.8. The Morgan fingerprint density at radius 2 is 1.90 bits per heavy atom. The molecule has 0 aliphatic carbocycles. The second-order valence-corrected chi connectivity index (χ2v) is 4.65. The number of benzene rings is 1. The van der Waals surface area contributed by atoms with Crippen LogP contribution in [0.2, 0.25) is 0 Å². The van der Waals surface area contributed by atoms with E-state index in [4.69, 9.17) is 0 Å². The van der Waals surface area contributed by atoms with Gasteiger partial charge in [-0.05, 0) is 37.2 Å². The topological polar surface area (TPSA) is 39.1 Å². The summed E-state index contributed by atoms with van der Waals surface area (Å²) in [4.78, 5) is 0. The van der Waals surface area contributed by atoms with Gasteiger partial charge in [0.2, 0.25) is 0 Å². The number of aromatic nitrogens is 2. The highest BCUT2D eigenvalue weighted by Gasteiger charge is 2.30. The zero-order valence-corrected chi connectivity index (χ0v) is 11.7. The summed E-state index contributed by atoms with van der Waals surface area (Å²) in [5.74, 6) is -0.218. The van der Waals surface area contributed by atoms with Gasteiger partial charge in [-0.15, -0.1) is 13.2 Å². The predicted octanol–water partition coefficient (Wildman–Crippen LogP) is 2.82. The van der Waals surface area contributed by atoms with Gasteiger partial charge in [0, 0.05) is 13.2 Å². The van der Waals surface area contributed by atoms with Crippen LogP contribution in [-0.4, -0.2) is 23.2 Å². The van der Waals surface area contributed by atoms with Crippen LogP contribution in [0.25, 0.3) is 0 Å². The molecule has 114 valence electrons. The molecule has 4 nitrogen and oxygen atoms in total. The molecule has 2 aromatic rings. The zero-order chi connectivity index (χ0) is 15.5. The Morgan fingerprint density at radius 1 is 1.24 bits per heavy atom. The van der Waals surface area contributed by atoms with E-state index in [2.05, 4.69) is 15.2 Å². The van der Waals surface area contributed by atoms with Crippen molar-refractivity contribution in [3.05, 3.63) is 47.8 Å². The second-order valence-electron chi connectivity index (χ2n) is 4.65. The molecule has 7 heteroatoms. The first kappa shape index (κ1) is 15.4. The van der Waals surface area contributed by atoms with Crippen molar-refractivity contribution in [1.82, 2.24) is 15.1 Å². The Bertz CT molecular complexity index is 578. The molecule has 0 aliphatic heterocycles. The van der Waals surface area contributed by atoms with Crippen molar-refractivity contribution in [3.8, 4) is 5.75 Å². The van der Waals surface area contributed by atoms with Crippen LogP contribution in [-0.2, 0) is 13.5 Å². The van der Waals surface area contributed by atoms with E-state index in [9.17, 15) is 13.2 Å². The maximum absolute atomic E-state index is 12.1. The van der Waals surface area contributed by atoms with E-state index in [0.29, 0.717) is 6.42 Å². The van der Waals surface area contributed by atoms with Crippen LogP contribution in [0.3, 0.4) is 0 Å². The molecule has 0 fully saturated rings. The van der Waals surface area contributed by atoms with Crippen molar-refractivity contribution < 1.29 is 17.9 Å². The molecule has 0 saturated carbocycles. The van der Waals surface area contributed by atoms with Gasteiger partial charge in [-0.1, -0.05) is 12.1 Å². The van der Waals surface area contributed by atoms with Gasteiger partial charge in [0.1, 0.15) is 5.75 Å². The van der Waals surface area contributed by atoms with Crippen LogP contribution in [0.5, 0.6) is 5.75 Å². The van der Waals surface area contributed by atoms with E-state index in [-0.39, 0.29) is 11.8 Å². The summed E-state index contributed by atoms with van der Waals surface area (Å²) >= 11 is 0. The van der Waals surface area contributed by atoms with Crippen LogP contribution in [0.1, 0.15) is 17.3 Å². The van der Waals surface area contributed by atoms with E-state index in [0.717, 1.165) is 11.3 Å². The van der Waals surface area contributed by atoms with Crippen LogP contribution >= 0.6 is 0 Å². The van der Waals surface area contributed by atoms with E-state index < -0.39 is 6.36 Å². The number of rotatable bonds is 5. The molecular weight excluding hydrogens is 283 g/mol. The van der Waals surface area contributed by atoms with E-state index in [1.807, 2.05) is 26.4 Å². The number of likely N-dealkylation sites (N-methyl/N-ethyl adjacent to an activating group) is 1. The van der Waals surface area contributed by atoms with Crippen LogP contribution in [0, 0.1) is 0 Å². The number of ether oxygens (including phenoxy) is 1. The zero-order valence-electron chi connectivity index (χ0n) is 11.7. The maximum Gasteiger partial charge on any atom is 0.573 e. The average molecular weight is 299 g/mol. The van der Waals surface area contributed by atoms with Gasteiger partial charge < -0.3 is 10.1 Å². The number of nitrogens with zero attached hydrogens (tertiary/aromatic N) is 2. The molecule has 1 aromatic heterocycles. The molecule has 1 atom stereocenters. The molecule has 1 aromatic carbocycles. The van der Waals surface area contributed by atoms with E-state index in [1.54, 1.807) is 16.8 Å². The fourth-order valence-corrected chi connectivity index (χ4v) is 2.04. The summed E-state index contributed by atoms with van der Waals surface area (Å²) in [7, 11) is 3.65. The first-order valence-electron chi connectivity index (χ1n) is 6.39. The first-order chi connectivity index (χ1) is 9.87. The standard InChI is InChI=1S/C14H16F3N3O/c1-18-13(12-7-8-20(2)19-12)9-10-3-5-11(6-4-10)21-14(15,16)17/h3-8,13,18H,9H2,1-2H3. The summed E-state index contributed by atoms with van der Waals surface area (Å²) in [6.07, 6.45) is -2.19. The lowest BCUT2D eigenvalue weighted by molar-refractivity contribution is -0.274. The van der Waals surface area contributed by atoms with Gasteiger partial charge in [-0.2, -0.15) is 5.10 Å². The van der Waals surface area contributed by atoms with Crippen molar-refractivity contribution in [2.24, 2.45) is 7.05 Å². The van der Waals surface area contributed by atoms with Gasteiger partial charge >= 0.3 is 6.36 Å². The molecule has 0 radical (unpaired) electrons. The van der Waals surface area contributed by atoms with Crippen LogP contribution in [0.15, 0.2) is 36.5 Å². The number of hydrogen-bond acceptors (Lipinski definition) is 3. The third-order valence-electron chi connectivity index (χ3n) is 3.04. The molecule has 0 aliphatic rings. The monoisotopic (exact) mass is 299 g/mol. The fraction of sp³-hybridized carbons (Fsp3) is 0.357. The molecule has 0 spiro atoms. The Labute approximate surface area is 120 Å². The van der Waals surface area contributed by atoms with Gasteiger partial charge in [-0.25, -0.2) is 0 Å². The highest BCUT2D eigenvalue weighted by Crippen LogP contribution is 2.24. The maximum atomic E-state index is 12.1. The molecule has 21 heavy (non-hydrogen) atoms. The number of hydrogen-bond donors (Lipinski definition) is 1. The quantitative estimate of drug-likeness (QED) is 0.922. The minimum atomic E-state index is -4.66. The average Bonchev–Trinajstić information content (AvgIpc) is 2.82. The fourth-order valence-electron chi connectivity index (χ4n) is 2.04. The SMILES string of the molecule is CNC(Cc1ccc(OC(F)(F)F)cc1)c1ccn(C)n1. The van der Waals surface area contributed by atoms with Crippen molar-refractivity contribution in [2.45, 2.75) is 18.8 Å². The molecule has 0 bridgehead atoms. The normalized spacial score (nSPS) is 13.2. The van der Waals surface area contributed by atoms with Gasteiger partial charge in [0.25, 0.3) is 0 Å². The molecule has 0 amide bonds. The minimum absolute atomic E-state index is 0.000541. The Morgan fingerprint density at radius 3 is 2.38 bits per heavy atom. The first-order valence-corrected chi connectivity index (χ1v) is 6.39. The third kappa shape index (κ3) is 4.49. The minimum Gasteiger partial charge on any atom is -0.406 e. The molecule has 0 saturated heterocycles. The lowest BCUT2D eigenvalue weighted by Gasteiger charge is -2.14. The molecular formula is C14H16F3N3O. The molecule has 1 unspecified atom stereocenters. The smallest absolute Gasteiger partial charge is 0.406 e. The van der Waals surface area contributed by atoms with Gasteiger partial charge in [0.15, 0.2) is 0 Å². The highest BCUT2D eigenvalue weighted by molar-refractivity contribution is 5.28. The Balaban J connectivity index is 2.05. The van der Waals surface area contributed by atoms with Crippen molar-refractivity contribution in [2.75, 3.05) is 7.05 Å². The molecule has 1 N–H and O–H groups in total. The summed E-state index contributed by atoms with van der Waals surface area (Å²) in [6, 6.07) is 7.77. The van der Waals surface area contributed by atoms with Crippen molar-refractivity contribution in [1.29, 1.82) is 0 Å². The highest BCUT2D eigenvalue weighted by atomic mass is 19.4. The predicted molar refractivity (Wildman–Crippen MR) is 71.8 cm³/mol. The number of aryl methyl sites for hydroxylation is 1. The third-order valence-corrected chi connectivity index (χ3v) is 3.04. The van der Waals surface area contributed by atoms with Crippen LogP contribution in [0.4, 0.5) is 13.2 Å². The van der Waals surface area contributed by atoms with Crippen molar-refractivity contribution >= 4 is 0 Å². The van der Waals surface area contributed by atoms with Gasteiger partial charge in [0.05, 0.1) is 11.7 Å². The largest absolute Gasteiger partial charge is 0.573 e. The van der Waals surface area contributed by atoms with Gasteiger partial charge in [-0.3, -0.25) is 4.68 Å². The Kier molecular flexibility index (Phi) is 4.52. The van der Waals surface area contributed by atoms with Crippen molar-refractivity contribution in [3.63, 3.8) is 0 Å². The molecule has 1 heterocycles. The number of alkyl halides is 3. The lowest BCUT2D eigenvalue weighted by atomic mass is 10.0. The van der Waals surface area contributed by atoms with E-state index in [1.165, 1.54) is 12.1 Å². The Hall–Kier alpha value is -2.02. The number of halogens is 3. The molecule has 2 rings (SSSR count). The van der Waals surface area contributed by atoms with Crippen LogP contribution < -0.4 is 10.1 Å². The summed E-state index contributed by atoms with van der Waals surface area (Å²) in [6.45, 7) is 0.